The van der Waals surface area contributed by atoms with Crippen molar-refractivity contribution in [2.75, 3.05) is 25.1 Å². The predicted octanol–water partition coefficient (Wildman–Crippen LogP) is 2.94. The summed E-state index contributed by atoms with van der Waals surface area (Å²) >= 11 is 0. The van der Waals surface area contributed by atoms with Crippen LogP contribution in [0.1, 0.15) is 16.7 Å². The molecule has 3 nitrogen and oxygen atoms in total. The molecule has 2 aromatic rings. The molecule has 0 saturated heterocycles. The van der Waals surface area contributed by atoms with E-state index in [4.69, 9.17) is 4.74 Å². The Bertz CT molecular complexity index is 597. The number of anilines is 1. The van der Waals surface area contributed by atoms with Crippen LogP contribution in [0.4, 0.5) is 5.69 Å². The molecular weight excluding hydrogens is 260 g/mol. The van der Waals surface area contributed by atoms with Crippen LogP contribution < -0.4 is 10.2 Å². The number of nitrogens with zero attached hydrogens (tertiary/aromatic N) is 1. The van der Waals surface area contributed by atoms with Crippen molar-refractivity contribution in [3.05, 3.63) is 65.2 Å². The minimum atomic E-state index is 0.673. The number of hydrogen-bond donors (Lipinski definition) is 1. The Morgan fingerprint density at radius 2 is 1.95 bits per heavy atom. The Balaban J connectivity index is 1.82. The third-order valence-electron chi connectivity index (χ3n) is 3.88. The highest BCUT2D eigenvalue weighted by Gasteiger charge is 2.14. The number of fused-ring (bicyclic) bond motifs is 1. The molecule has 21 heavy (non-hydrogen) atoms. The molecule has 1 aliphatic rings. The van der Waals surface area contributed by atoms with Gasteiger partial charge in [0.15, 0.2) is 0 Å². The zero-order chi connectivity index (χ0) is 14.5. The molecule has 0 aromatic heterocycles. The van der Waals surface area contributed by atoms with Crippen molar-refractivity contribution in [1.29, 1.82) is 0 Å². The standard InChI is InChI=1S/C18H22N2O/c1-21-14-16-6-4-5-15(11-16)13-20-10-9-19-12-17-7-2-3-8-18(17)20/h2-8,11,19H,9-10,12-14H2,1H3. The predicted molar refractivity (Wildman–Crippen MR) is 86.4 cm³/mol. The molecule has 1 aliphatic heterocycles. The third-order valence-corrected chi connectivity index (χ3v) is 3.88. The molecule has 2 aromatic carbocycles. The minimum absolute atomic E-state index is 0.673. The monoisotopic (exact) mass is 282 g/mol. The summed E-state index contributed by atoms with van der Waals surface area (Å²) in [5, 5.41) is 3.49. The van der Waals surface area contributed by atoms with E-state index in [2.05, 4.69) is 58.7 Å². The van der Waals surface area contributed by atoms with Gasteiger partial charge in [-0.25, -0.2) is 0 Å². The van der Waals surface area contributed by atoms with Crippen molar-refractivity contribution >= 4 is 5.69 Å². The van der Waals surface area contributed by atoms with E-state index in [1.807, 2.05) is 0 Å². The summed E-state index contributed by atoms with van der Waals surface area (Å²) in [6, 6.07) is 17.3. The zero-order valence-corrected chi connectivity index (χ0v) is 12.5. The van der Waals surface area contributed by atoms with Gasteiger partial charge in [-0.15, -0.1) is 0 Å². The highest BCUT2D eigenvalue weighted by molar-refractivity contribution is 5.54. The van der Waals surface area contributed by atoms with Gasteiger partial charge in [-0.3, -0.25) is 0 Å². The third kappa shape index (κ3) is 3.43. The van der Waals surface area contributed by atoms with Gasteiger partial charge in [-0.1, -0.05) is 42.5 Å². The van der Waals surface area contributed by atoms with Gasteiger partial charge in [0.05, 0.1) is 6.61 Å². The van der Waals surface area contributed by atoms with Gasteiger partial charge in [0.25, 0.3) is 0 Å². The van der Waals surface area contributed by atoms with Gasteiger partial charge in [-0.05, 0) is 22.8 Å². The fourth-order valence-electron chi connectivity index (χ4n) is 2.90. The van der Waals surface area contributed by atoms with Crippen LogP contribution in [0, 0.1) is 0 Å². The van der Waals surface area contributed by atoms with Gasteiger partial charge in [0.2, 0.25) is 0 Å². The molecule has 3 rings (SSSR count). The van der Waals surface area contributed by atoms with Gasteiger partial charge >= 0.3 is 0 Å². The molecule has 0 aliphatic carbocycles. The summed E-state index contributed by atoms with van der Waals surface area (Å²) in [6.07, 6.45) is 0. The average Bonchev–Trinajstić information content (AvgIpc) is 2.71. The van der Waals surface area contributed by atoms with Gasteiger partial charge in [0.1, 0.15) is 0 Å². The summed E-state index contributed by atoms with van der Waals surface area (Å²) < 4.78 is 5.23. The number of para-hydroxylation sites is 1. The normalized spacial score (nSPS) is 14.6. The molecule has 0 amide bonds. The van der Waals surface area contributed by atoms with Crippen LogP contribution in [0.2, 0.25) is 0 Å². The van der Waals surface area contributed by atoms with E-state index in [9.17, 15) is 0 Å². The number of methoxy groups -OCH3 is 1. The van der Waals surface area contributed by atoms with E-state index >= 15 is 0 Å². The fraction of sp³-hybridized carbons (Fsp3) is 0.333. The van der Waals surface area contributed by atoms with Crippen LogP contribution >= 0.6 is 0 Å². The summed E-state index contributed by atoms with van der Waals surface area (Å²) in [6.45, 7) is 4.62. The van der Waals surface area contributed by atoms with E-state index in [0.717, 1.165) is 26.2 Å². The highest BCUT2D eigenvalue weighted by atomic mass is 16.5. The Kier molecular flexibility index (Phi) is 4.53. The van der Waals surface area contributed by atoms with Crippen LogP contribution in [0.5, 0.6) is 0 Å². The molecule has 1 heterocycles. The molecule has 0 bridgehead atoms. The van der Waals surface area contributed by atoms with E-state index < -0.39 is 0 Å². The lowest BCUT2D eigenvalue weighted by atomic mass is 10.1. The first kappa shape index (κ1) is 14.1. The second-order valence-electron chi connectivity index (χ2n) is 5.48. The molecule has 0 radical (unpaired) electrons. The maximum absolute atomic E-state index is 5.23. The van der Waals surface area contributed by atoms with Gasteiger partial charge < -0.3 is 15.0 Å². The molecule has 0 unspecified atom stereocenters. The topological polar surface area (TPSA) is 24.5 Å². The number of hydrogen-bond acceptors (Lipinski definition) is 3. The lowest BCUT2D eigenvalue weighted by Gasteiger charge is -2.25. The summed E-state index contributed by atoms with van der Waals surface area (Å²) in [5.41, 5.74) is 5.29. The highest BCUT2D eigenvalue weighted by Crippen LogP contribution is 2.24. The lowest BCUT2D eigenvalue weighted by Crippen LogP contribution is -2.28. The Labute approximate surface area is 126 Å². The van der Waals surface area contributed by atoms with E-state index in [1.165, 1.54) is 22.4 Å². The van der Waals surface area contributed by atoms with Crippen molar-refractivity contribution in [3.8, 4) is 0 Å². The number of nitrogens with one attached hydrogen (secondary N) is 1. The molecule has 3 heteroatoms. The number of ether oxygens (including phenoxy) is 1. The zero-order valence-electron chi connectivity index (χ0n) is 12.5. The summed E-state index contributed by atoms with van der Waals surface area (Å²) in [4.78, 5) is 2.46. The SMILES string of the molecule is COCc1cccc(CN2CCNCc3ccccc32)c1. The van der Waals surface area contributed by atoms with E-state index in [-0.39, 0.29) is 0 Å². The molecule has 0 fully saturated rings. The molecule has 0 saturated carbocycles. The number of rotatable bonds is 4. The quantitative estimate of drug-likeness (QED) is 0.933. The van der Waals surface area contributed by atoms with Gasteiger partial charge in [0, 0.05) is 39.0 Å². The second-order valence-corrected chi connectivity index (χ2v) is 5.48. The molecule has 0 spiro atoms. The van der Waals surface area contributed by atoms with Crippen molar-refractivity contribution in [1.82, 2.24) is 5.32 Å². The minimum Gasteiger partial charge on any atom is -0.380 e. The summed E-state index contributed by atoms with van der Waals surface area (Å²) in [7, 11) is 1.74. The molecular formula is C18H22N2O. The molecule has 0 atom stereocenters. The largest absolute Gasteiger partial charge is 0.380 e. The van der Waals surface area contributed by atoms with Crippen LogP contribution in [-0.2, 0) is 24.4 Å². The van der Waals surface area contributed by atoms with E-state index in [0.29, 0.717) is 6.61 Å². The first-order valence-electron chi connectivity index (χ1n) is 7.47. The van der Waals surface area contributed by atoms with Crippen LogP contribution in [0.3, 0.4) is 0 Å². The Hall–Kier alpha value is -1.84. The average molecular weight is 282 g/mol. The summed E-state index contributed by atoms with van der Waals surface area (Å²) in [5.74, 6) is 0. The Morgan fingerprint density at radius 1 is 1.10 bits per heavy atom. The van der Waals surface area contributed by atoms with Crippen molar-refractivity contribution in [3.63, 3.8) is 0 Å². The maximum Gasteiger partial charge on any atom is 0.0713 e. The molecule has 110 valence electrons. The van der Waals surface area contributed by atoms with Crippen molar-refractivity contribution in [2.24, 2.45) is 0 Å². The van der Waals surface area contributed by atoms with E-state index in [1.54, 1.807) is 7.11 Å². The first-order chi connectivity index (χ1) is 10.4. The van der Waals surface area contributed by atoms with Crippen molar-refractivity contribution in [2.45, 2.75) is 19.7 Å². The second kappa shape index (κ2) is 6.74. The first-order valence-corrected chi connectivity index (χ1v) is 7.47. The lowest BCUT2D eigenvalue weighted by molar-refractivity contribution is 0.185. The molecule has 1 N–H and O–H groups in total. The number of benzene rings is 2. The van der Waals surface area contributed by atoms with Crippen molar-refractivity contribution < 1.29 is 4.74 Å². The smallest absolute Gasteiger partial charge is 0.0713 e. The Morgan fingerprint density at radius 3 is 2.86 bits per heavy atom. The fourth-order valence-corrected chi connectivity index (χ4v) is 2.90. The van der Waals surface area contributed by atoms with Gasteiger partial charge in [-0.2, -0.15) is 0 Å². The van der Waals surface area contributed by atoms with Crippen LogP contribution in [0.15, 0.2) is 48.5 Å². The van der Waals surface area contributed by atoms with Crippen LogP contribution in [0.25, 0.3) is 0 Å². The van der Waals surface area contributed by atoms with Crippen LogP contribution in [-0.4, -0.2) is 20.2 Å². The maximum atomic E-state index is 5.23.